The summed E-state index contributed by atoms with van der Waals surface area (Å²) in [5.41, 5.74) is -4.47. The molecule has 3 aliphatic heterocycles. The predicted molar refractivity (Wildman–Crippen MR) is 210 cm³/mol. The molecule has 4 heterocycles. The number of hydrogen-bond acceptors (Lipinski definition) is 10. The second-order valence-electron chi connectivity index (χ2n) is 17.0. The van der Waals surface area contributed by atoms with Crippen LogP contribution in [0.25, 0.3) is 10.8 Å². The van der Waals surface area contributed by atoms with Gasteiger partial charge in [-0.15, -0.1) is 0 Å². The van der Waals surface area contributed by atoms with Crippen molar-refractivity contribution in [3.8, 4) is 17.4 Å². The lowest BCUT2D eigenvalue weighted by molar-refractivity contribution is -0.219. The number of hydrogen-bond donors (Lipinski definition) is 3. The van der Waals surface area contributed by atoms with E-state index in [1.54, 1.807) is 45.0 Å². The van der Waals surface area contributed by atoms with Crippen LogP contribution in [0.2, 0.25) is 0 Å². The summed E-state index contributed by atoms with van der Waals surface area (Å²) in [6, 6.07) is -3.90. The van der Waals surface area contributed by atoms with E-state index in [1.165, 1.54) is 6.20 Å². The summed E-state index contributed by atoms with van der Waals surface area (Å²) in [4.78, 5) is 62.3. The number of nitrogens with one attached hydrogen (secondary N) is 2. The first kappa shape index (κ1) is 42.4. The summed E-state index contributed by atoms with van der Waals surface area (Å²) in [5.74, 6) is -4.35. The van der Waals surface area contributed by atoms with Crippen molar-refractivity contribution in [2.45, 2.75) is 133 Å². The van der Waals surface area contributed by atoms with Gasteiger partial charge in [0.15, 0.2) is 17.1 Å². The van der Waals surface area contributed by atoms with E-state index in [1.807, 2.05) is 13.0 Å². The molecule has 2 aromatic rings. The number of halogens is 2. The molecule has 1 aromatic heterocycles. The van der Waals surface area contributed by atoms with Gasteiger partial charge in [0, 0.05) is 35.3 Å². The minimum atomic E-state index is -4.28. The maximum atomic E-state index is 17.8. The number of fused-ring (bicyclic) bond motifs is 5. The van der Waals surface area contributed by atoms with Crippen LogP contribution in [0.15, 0.2) is 36.5 Å². The number of benzene rings is 1. The first-order valence-electron chi connectivity index (χ1n) is 20.5. The van der Waals surface area contributed by atoms with Crippen molar-refractivity contribution < 1.29 is 55.7 Å². The standard InChI is InChI=1S/C41H53F2N5O10S/c1-6-24(4)47(38(52)53)32-25(7-2)20-23(3)10-8-9-11-26-21-40(26,37(51)46-59(54,55)27-12-13-27)45-34(49)30-22-39(5,41(42,43)48(30)36(32)50)58-35-29-14-15-31-33(57-19-18-56-31)28(29)16-17-44-35/h9,11,14-17,23-27,30,32H,6-8,10,12-13,18-22H2,1-5H3,(H,45,49)(H,46,51)(H,52,53)/b11-9-/t23-,24?,25-,26-,30+,32+,39-,40-/m1/s1. The third-order valence-electron chi connectivity index (χ3n) is 12.8. The fourth-order valence-corrected chi connectivity index (χ4v) is 10.3. The van der Waals surface area contributed by atoms with Gasteiger partial charge >= 0.3 is 12.1 Å². The average Bonchev–Trinajstić information content (AvgIpc) is 4.12. The second kappa shape index (κ2) is 15.7. The number of amides is 4. The molecule has 8 atom stereocenters. The number of alkyl halides is 2. The van der Waals surface area contributed by atoms with Gasteiger partial charge in [0.2, 0.25) is 21.8 Å². The highest BCUT2D eigenvalue weighted by Gasteiger charge is 2.71. The molecule has 59 heavy (non-hydrogen) atoms. The quantitative estimate of drug-likeness (QED) is 0.217. The van der Waals surface area contributed by atoms with Crippen molar-refractivity contribution in [2.24, 2.45) is 17.8 Å². The van der Waals surface area contributed by atoms with Gasteiger partial charge in [-0.3, -0.25) is 28.9 Å². The van der Waals surface area contributed by atoms with Crippen molar-refractivity contribution in [1.29, 1.82) is 0 Å². The van der Waals surface area contributed by atoms with Crippen LogP contribution in [-0.4, -0.2) is 106 Å². The van der Waals surface area contributed by atoms with Crippen molar-refractivity contribution in [3.63, 3.8) is 0 Å². The number of carbonyl (C=O) groups is 4. The lowest BCUT2D eigenvalue weighted by atomic mass is 9.83. The highest BCUT2D eigenvalue weighted by atomic mass is 32.2. The van der Waals surface area contributed by atoms with Crippen molar-refractivity contribution >= 4 is 44.6 Å². The zero-order valence-electron chi connectivity index (χ0n) is 33.9. The molecule has 3 fully saturated rings. The van der Waals surface area contributed by atoms with E-state index >= 15 is 13.6 Å². The number of rotatable bonds is 9. The van der Waals surface area contributed by atoms with E-state index in [2.05, 4.69) is 15.0 Å². The lowest BCUT2D eigenvalue weighted by Crippen LogP contribution is -2.64. The van der Waals surface area contributed by atoms with Gasteiger partial charge in [-0.2, -0.15) is 8.78 Å². The van der Waals surface area contributed by atoms with E-state index in [0.29, 0.717) is 61.0 Å². The minimum absolute atomic E-state index is 0.0149. The Labute approximate surface area is 342 Å². The summed E-state index contributed by atoms with van der Waals surface area (Å²) < 4.78 is 81.2. The molecule has 1 aromatic carbocycles. The largest absolute Gasteiger partial charge is 0.486 e. The molecule has 15 nitrogen and oxygen atoms in total. The van der Waals surface area contributed by atoms with Gasteiger partial charge in [-0.25, -0.2) is 18.2 Å². The minimum Gasteiger partial charge on any atom is -0.486 e. The van der Waals surface area contributed by atoms with E-state index in [-0.39, 0.29) is 42.6 Å². The Balaban J connectivity index is 1.35. The number of ether oxygens (including phenoxy) is 3. The summed E-state index contributed by atoms with van der Waals surface area (Å²) in [7, 11) is -4.07. The summed E-state index contributed by atoms with van der Waals surface area (Å²) >= 11 is 0. The summed E-state index contributed by atoms with van der Waals surface area (Å²) in [6.07, 6.45) is 5.32. The van der Waals surface area contributed by atoms with Crippen LogP contribution < -0.4 is 24.2 Å². The van der Waals surface area contributed by atoms with Gasteiger partial charge in [0.1, 0.15) is 30.8 Å². The molecule has 1 unspecified atom stereocenters. The van der Waals surface area contributed by atoms with Crippen molar-refractivity contribution in [3.05, 3.63) is 36.5 Å². The van der Waals surface area contributed by atoms with Crippen molar-refractivity contribution in [2.75, 3.05) is 13.2 Å². The van der Waals surface area contributed by atoms with E-state index < -0.39 is 92.7 Å². The SMILES string of the molecule is CCC(C)N(C(=O)O)[C@@H]1C(=O)N2[C@@H](C[C@@](C)(Oc3nccc4c5c(ccc34)OCCO5)C2(F)F)C(=O)N[C@]2(C(=O)NS(=O)(=O)C3CC3)C[C@H]2/C=C\CC[C@@H](C)C[C@H]1CC. The first-order valence-corrected chi connectivity index (χ1v) is 22.1. The van der Waals surface area contributed by atoms with Crippen molar-refractivity contribution in [1.82, 2.24) is 24.8 Å². The van der Waals surface area contributed by atoms with Gasteiger partial charge < -0.3 is 24.6 Å². The Morgan fingerprint density at radius 3 is 2.53 bits per heavy atom. The van der Waals surface area contributed by atoms with Crippen LogP contribution in [0.1, 0.15) is 92.4 Å². The Bertz CT molecular complexity index is 2150. The zero-order chi connectivity index (χ0) is 42.7. The third-order valence-corrected chi connectivity index (χ3v) is 14.6. The fraction of sp³-hybridized carbons (Fsp3) is 0.634. The molecular formula is C41H53F2N5O10S. The number of carboxylic acid groups (broad SMARTS) is 1. The van der Waals surface area contributed by atoms with Gasteiger partial charge in [-0.05, 0) is 88.8 Å². The zero-order valence-corrected chi connectivity index (χ0v) is 34.7. The van der Waals surface area contributed by atoms with Gasteiger partial charge in [0.25, 0.3) is 11.8 Å². The molecule has 1 saturated heterocycles. The van der Waals surface area contributed by atoms with Crippen LogP contribution in [0.3, 0.4) is 0 Å². The molecule has 0 radical (unpaired) electrons. The second-order valence-corrected chi connectivity index (χ2v) is 18.9. The maximum Gasteiger partial charge on any atom is 0.408 e. The molecule has 2 aliphatic carbocycles. The Hall–Kier alpha value is -4.74. The highest BCUT2D eigenvalue weighted by molar-refractivity contribution is 7.91. The lowest BCUT2D eigenvalue weighted by Gasteiger charge is -2.43. The third kappa shape index (κ3) is 7.65. The molecule has 7 rings (SSSR count). The van der Waals surface area contributed by atoms with E-state index in [0.717, 1.165) is 11.8 Å². The Morgan fingerprint density at radius 2 is 1.85 bits per heavy atom. The summed E-state index contributed by atoms with van der Waals surface area (Å²) in [6.45, 7) is 8.66. The molecule has 0 spiro atoms. The van der Waals surface area contributed by atoms with Crippen LogP contribution >= 0.6 is 0 Å². The molecule has 2 saturated carbocycles. The fourth-order valence-electron chi connectivity index (χ4n) is 8.90. The number of carbonyl (C=O) groups excluding carboxylic acids is 3. The molecule has 18 heteroatoms. The van der Waals surface area contributed by atoms with Crippen LogP contribution in [0, 0.1) is 17.8 Å². The molecule has 322 valence electrons. The normalized spacial score (nSPS) is 31.7. The summed E-state index contributed by atoms with van der Waals surface area (Å²) in [5, 5.41) is 13.3. The monoisotopic (exact) mass is 845 g/mol. The average molecular weight is 846 g/mol. The topological polar surface area (TPSA) is 194 Å². The number of aromatic nitrogens is 1. The molecule has 4 amide bonds. The highest BCUT2D eigenvalue weighted by Crippen LogP contribution is 2.52. The Morgan fingerprint density at radius 1 is 1.12 bits per heavy atom. The molecule has 5 aliphatic rings. The van der Waals surface area contributed by atoms with Gasteiger partial charge in [-0.1, -0.05) is 39.3 Å². The predicted octanol–water partition coefficient (Wildman–Crippen LogP) is 5.37. The molecule has 0 bridgehead atoms. The van der Waals surface area contributed by atoms with Crippen LogP contribution in [0.5, 0.6) is 17.4 Å². The first-order chi connectivity index (χ1) is 27.9. The Kier molecular flexibility index (Phi) is 11.3. The molecule has 3 N–H and O–H groups in total. The van der Waals surface area contributed by atoms with E-state index in [4.69, 9.17) is 14.2 Å². The smallest absolute Gasteiger partial charge is 0.408 e. The number of allylic oxidation sites excluding steroid dienone is 1. The van der Waals surface area contributed by atoms with E-state index in [9.17, 15) is 27.9 Å². The number of nitrogens with zero attached hydrogens (tertiary/aromatic N) is 3. The maximum absolute atomic E-state index is 17.8. The van der Waals surface area contributed by atoms with Gasteiger partial charge in [0.05, 0.1) is 5.25 Å². The number of pyridine rings is 1. The molecular weight excluding hydrogens is 793 g/mol. The van der Waals surface area contributed by atoms with Crippen LogP contribution in [0.4, 0.5) is 13.6 Å². The number of sulfonamides is 1. The van der Waals surface area contributed by atoms with Crippen LogP contribution in [-0.2, 0) is 24.4 Å².